The Morgan fingerprint density at radius 3 is 2.89 bits per heavy atom. The first-order valence-corrected chi connectivity index (χ1v) is 4.95. The number of aromatic nitrogens is 3. The van der Waals surface area contributed by atoms with Crippen molar-refractivity contribution >= 4 is 5.97 Å². The van der Waals surface area contributed by atoms with Crippen molar-refractivity contribution in [3.05, 3.63) is 46.6 Å². The molecule has 18 heavy (non-hydrogen) atoms. The van der Waals surface area contributed by atoms with E-state index in [0.717, 1.165) is 6.33 Å². The zero-order valence-electron chi connectivity index (χ0n) is 9.40. The van der Waals surface area contributed by atoms with Gasteiger partial charge in [0.2, 0.25) is 5.69 Å². The Balaban J connectivity index is 2.54. The van der Waals surface area contributed by atoms with Gasteiger partial charge in [-0.05, 0) is 12.1 Å². The molecule has 0 spiro atoms. The van der Waals surface area contributed by atoms with Gasteiger partial charge in [0.1, 0.15) is 12.1 Å². The van der Waals surface area contributed by atoms with Crippen molar-refractivity contribution in [1.29, 1.82) is 0 Å². The predicted octanol–water partition coefficient (Wildman–Crippen LogP) is 0.334. The maximum Gasteiger partial charge on any atom is 0.362 e. The van der Waals surface area contributed by atoms with E-state index in [1.54, 1.807) is 24.3 Å². The van der Waals surface area contributed by atoms with Crippen molar-refractivity contribution < 1.29 is 14.6 Å². The van der Waals surface area contributed by atoms with Gasteiger partial charge in [-0.25, -0.2) is 9.48 Å². The van der Waals surface area contributed by atoms with Gasteiger partial charge in [0.15, 0.2) is 0 Å². The van der Waals surface area contributed by atoms with Gasteiger partial charge in [0, 0.05) is 6.07 Å². The summed E-state index contributed by atoms with van der Waals surface area (Å²) >= 11 is 0. The highest BCUT2D eigenvalue weighted by Crippen LogP contribution is 2.14. The van der Waals surface area contributed by atoms with Crippen molar-refractivity contribution in [2.75, 3.05) is 7.11 Å². The second kappa shape index (κ2) is 4.66. The van der Waals surface area contributed by atoms with Crippen molar-refractivity contribution in [2.45, 2.75) is 0 Å². The fourth-order valence-electron chi connectivity index (χ4n) is 1.36. The van der Waals surface area contributed by atoms with E-state index in [4.69, 9.17) is 9.84 Å². The van der Waals surface area contributed by atoms with Gasteiger partial charge in [-0.2, -0.15) is 10.1 Å². The number of carboxylic acids is 1. The molecule has 1 aromatic heterocycles. The van der Waals surface area contributed by atoms with Crippen molar-refractivity contribution in [2.24, 2.45) is 0 Å². The molecule has 0 aliphatic rings. The minimum Gasteiger partial charge on any atom is -0.497 e. The second-order valence-electron chi connectivity index (χ2n) is 3.35. The summed E-state index contributed by atoms with van der Waals surface area (Å²) in [4.78, 5) is 25.4. The van der Waals surface area contributed by atoms with Gasteiger partial charge >= 0.3 is 11.5 Å². The molecule has 92 valence electrons. The number of methoxy groups -OCH3 is 1. The maximum absolute atomic E-state index is 11.2. The molecule has 1 N–H and O–H groups in total. The molecular formula is C11H9N3O4. The monoisotopic (exact) mass is 247 g/mol. The molecule has 0 bridgehead atoms. The molecule has 7 heteroatoms. The molecule has 0 radical (unpaired) electrons. The van der Waals surface area contributed by atoms with Crippen LogP contribution in [0.1, 0.15) is 10.5 Å². The van der Waals surface area contributed by atoms with E-state index in [-0.39, 0.29) is 0 Å². The van der Waals surface area contributed by atoms with Gasteiger partial charge in [-0.15, -0.1) is 0 Å². The predicted molar refractivity (Wildman–Crippen MR) is 61.1 cm³/mol. The zero-order chi connectivity index (χ0) is 13.1. The number of carboxylic acid groups (broad SMARTS) is 1. The Kier molecular flexibility index (Phi) is 3.05. The molecule has 7 nitrogen and oxygen atoms in total. The van der Waals surface area contributed by atoms with Crippen molar-refractivity contribution in [1.82, 2.24) is 14.8 Å². The maximum atomic E-state index is 11.2. The van der Waals surface area contributed by atoms with Crippen LogP contribution in [0.3, 0.4) is 0 Å². The van der Waals surface area contributed by atoms with Gasteiger partial charge in [-0.1, -0.05) is 6.07 Å². The summed E-state index contributed by atoms with van der Waals surface area (Å²) < 4.78 is 6.24. The molecule has 0 saturated carbocycles. The Morgan fingerprint density at radius 2 is 2.22 bits per heavy atom. The first-order valence-electron chi connectivity index (χ1n) is 4.95. The van der Waals surface area contributed by atoms with Crippen LogP contribution in [0.25, 0.3) is 5.69 Å². The number of aromatic carboxylic acids is 1. The van der Waals surface area contributed by atoms with Gasteiger partial charge < -0.3 is 9.84 Å². The van der Waals surface area contributed by atoms with Crippen LogP contribution in [0.15, 0.2) is 35.4 Å². The standard InChI is InChI=1S/C11H9N3O4/c1-18-8-4-2-3-7(5-8)14-6-12-10(15)9(13-14)11(16)17/h2-6H,1H3,(H,16,17). The average molecular weight is 247 g/mol. The van der Waals surface area contributed by atoms with E-state index >= 15 is 0 Å². The van der Waals surface area contributed by atoms with Gasteiger partial charge in [0.05, 0.1) is 12.8 Å². The highest BCUT2D eigenvalue weighted by molar-refractivity contribution is 5.84. The molecule has 0 saturated heterocycles. The SMILES string of the molecule is COc1cccc(-n2cnc(=O)c(C(=O)O)n2)c1. The minimum absolute atomic E-state index is 0.546. The Morgan fingerprint density at radius 1 is 1.44 bits per heavy atom. The zero-order valence-corrected chi connectivity index (χ0v) is 9.40. The van der Waals surface area contributed by atoms with Crippen LogP contribution in [0.5, 0.6) is 5.75 Å². The average Bonchev–Trinajstić information content (AvgIpc) is 2.39. The summed E-state index contributed by atoms with van der Waals surface area (Å²) in [5, 5.41) is 12.5. The van der Waals surface area contributed by atoms with E-state index in [2.05, 4.69) is 10.1 Å². The van der Waals surface area contributed by atoms with Crippen LogP contribution in [-0.4, -0.2) is 33.0 Å². The lowest BCUT2D eigenvalue weighted by Crippen LogP contribution is -2.23. The fraction of sp³-hybridized carbons (Fsp3) is 0.0909. The highest BCUT2D eigenvalue weighted by Gasteiger charge is 2.12. The van der Waals surface area contributed by atoms with Gasteiger partial charge in [0.25, 0.3) is 0 Å². The van der Waals surface area contributed by atoms with Crippen LogP contribution in [0, 0.1) is 0 Å². The quantitative estimate of drug-likeness (QED) is 0.840. The molecule has 1 heterocycles. The molecule has 0 aliphatic carbocycles. The number of hydrogen-bond acceptors (Lipinski definition) is 5. The fourth-order valence-corrected chi connectivity index (χ4v) is 1.36. The van der Waals surface area contributed by atoms with Crippen molar-refractivity contribution in [3.63, 3.8) is 0 Å². The molecule has 0 unspecified atom stereocenters. The van der Waals surface area contributed by atoms with E-state index < -0.39 is 17.2 Å². The Hall–Kier alpha value is -2.70. The normalized spacial score (nSPS) is 10.1. The molecule has 2 rings (SSSR count). The van der Waals surface area contributed by atoms with Gasteiger partial charge in [-0.3, -0.25) is 4.79 Å². The molecule has 1 aromatic carbocycles. The highest BCUT2D eigenvalue weighted by atomic mass is 16.5. The molecule has 2 aromatic rings. The van der Waals surface area contributed by atoms with E-state index in [1.165, 1.54) is 11.8 Å². The summed E-state index contributed by atoms with van der Waals surface area (Å²) in [5.41, 5.74) is -0.952. The van der Waals surface area contributed by atoms with E-state index in [1.807, 2.05) is 0 Å². The molecule has 0 fully saturated rings. The lowest BCUT2D eigenvalue weighted by atomic mass is 10.3. The first-order chi connectivity index (χ1) is 8.61. The third-order valence-corrected chi connectivity index (χ3v) is 2.22. The number of hydrogen-bond donors (Lipinski definition) is 1. The number of benzene rings is 1. The number of nitrogens with zero attached hydrogens (tertiary/aromatic N) is 3. The third-order valence-electron chi connectivity index (χ3n) is 2.22. The molecule has 0 atom stereocenters. The largest absolute Gasteiger partial charge is 0.497 e. The lowest BCUT2D eigenvalue weighted by Gasteiger charge is -2.06. The van der Waals surface area contributed by atoms with Crippen LogP contribution in [-0.2, 0) is 0 Å². The summed E-state index contributed by atoms with van der Waals surface area (Å²) in [7, 11) is 1.51. The molecular weight excluding hydrogens is 238 g/mol. The smallest absolute Gasteiger partial charge is 0.362 e. The van der Waals surface area contributed by atoms with E-state index in [9.17, 15) is 9.59 Å². The number of carbonyl (C=O) groups is 1. The van der Waals surface area contributed by atoms with Crippen LogP contribution in [0.4, 0.5) is 0 Å². The summed E-state index contributed by atoms with van der Waals surface area (Å²) in [6.45, 7) is 0. The first kappa shape index (κ1) is 11.8. The third kappa shape index (κ3) is 2.19. The van der Waals surface area contributed by atoms with Crippen LogP contribution < -0.4 is 10.3 Å². The van der Waals surface area contributed by atoms with E-state index in [0.29, 0.717) is 11.4 Å². The van der Waals surface area contributed by atoms with Crippen molar-refractivity contribution in [3.8, 4) is 11.4 Å². The summed E-state index contributed by atoms with van der Waals surface area (Å²) in [6, 6.07) is 6.78. The topological polar surface area (TPSA) is 94.3 Å². The second-order valence-corrected chi connectivity index (χ2v) is 3.35. The Bertz CT molecular complexity index is 651. The van der Waals surface area contributed by atoms with Crippen LogP contribution >= 0.6 is 0 Å². The van der Waals surface area contributed by atoms with Crippen LogP contribution in [0.2, 0.25) is 0 Å². The minimum atomic E-state index is -1.41. The lowest BCUT2D eigenvalue weighted by molar-refractivity contribution is 0.0686. The Labute approximate surface area is 101 Å². The number of rotatable bonds is 3. The number of ether oxygens (including phenoxy) is 1. The summed E-state index contributed by atoms with van der Waals surface area (Å²) in [5.74, 6) is -0.824. The summed E-state index contributed by atoms with van der Waals surface area (Å²) in [6.07, 6.45) is 1.16. The molecule has 0 amide bonds. The molecule has 0 aliphatic heterocycles.